The standard InChI is InChI=1S/C26H16Cl2/c27-22-16-15-21-23(17-9-3-1-4-10-17)19-13-7-8-14-20(19)24(25(21)26(22)28)18-11-5-2-6-12-18/h1-16H. The number of hydrogen-bond donors (Lipinski definition) is 0. The quantitative estimate of drug-likeness (QED) is 0.261. The van der Waals surface area contributed by atoms with Gasteiger partial charge in [-0.1, -0.05) is 114 Å². The predicted octanol–water partition coefficient (Wildman–Crippen LogP) is 8.63. The van der Waals surface area contributed by atoms with Crippen molar-refractivity contribution in [3.8, 4) is 22.3 Å². The number of fused-ring (bicyclic) bond motifs is 2. The molecule has 28 heavy (non-hydrogen) atoms. The molecule has 0 bridgehead atoms. The fraction of sp³-hybridized carbons (Fsp3) is 0. The molecule has 0 aliphatic carbocycles. The van der Waals surface area contributed by atoms with Gasteiger partial charge < -0.3 is 0 Å². The first-order valence-electron chi connectivity index (χ1n) is 9.19. The van der Waals surface area contributed by atoms with E-state index >= 15 is 0 Å². The summed E-state index contributed by atoms with van der Waals surface area (Å²) in [5.74, 6) is 0. The van der Waals surface area contributed by atoms with E-state index < -0.39 is 0 Å². The molecule has 0 amide bonds. The van der Waals surface area contributed by atoms with Gasteiger partial charge in [0.25, 0.3) is 0 Å². The smallest absolute Gasteiger partial charge is 0.0677 e. The number of benzene rings is 5. The van der Waals surface area contributed by atoms with Crippen molar-refractivity contribution in [2.75, 3.05) is 0 Å². The molecule has 5 aromatic rings. The fourth-order valence-electron chi connectivity index (χ4n) is 4.02. The minimum atomic E-state index is 0.570. The Morgan fingerprint density at radius 2 is 0.929 bits per heavy atom. The molecule has 2 heteroatoms. The summed E-state index contributed by atoms with van der Waals surface area (Å²) in [6, 6.07) is 33.4. The summed E-state index contributed by atoms with van der Waals surface area (Å²) in [5.41, 5.74) is 4.61. The van der Waals surface area contributed by atoms with Gasteiger partial charge >= 0.3 is 0 Å². The molecule has 0 saturated carbocycles. The molecule has 0 saturated heterocycles. The van der Waals surface area contributed by atoms with Crippen molar-refractivity contribution in [1.82, 2.24) is 0 Å². The zero-order valence-electron chi connectivity index (χ0n) is 15.0. The summed E-state index contributed by atoms with van der Waals surface area (Å²) >= 11 is 13.3. The zero-order valence-corrected chi connectivity index (χ0v) is 16.5. The van der Waals surface area contributed by atoms with Crippen LogP contribution in [0.4, 0.5) is 0 Å². The van der Waals surface area contributed by atoms with E-state index in [0.29, 0.717) is 10.0 Å². The third kappa shape index (κ3) is 2.69. The predicted molar refractivity (Wildman–Crippen MR) is 122 cm³/mol. The first kappa shape index (κ1) is 17.3. The van der Waals surface area contributed by atoms with Gasteiger partial charge in [-0.05, 0) is 44.5 Å². The Bertz CT molecular complexity index is 1310. The highest BCUT2D eigenvalue weighted by molar-refractivity contribution is 6.47. The van der Waals surface area contributed by atoms with Crippen LogP contribution in [0.25, 0.3) is 43.8 Å². The Kier molecular flexibility index (Phi) is 4.31. The molecule has 0 fully saturated rings. The van der Waals surface area contributed by atoms with Crippen LogP contribution in [0.5, 0.6) is 0 Å². The Morgan fingerprint density at radius 3 is 1.54 bits per heavy atom. The van der Waals surface area contributed by atoms with Crippen LogP contribution in [0.1, 0.15) is 0 Å². The van der Waals surface area contributed by atoms with Crippen molar-refractivity contribution >= 4 is 44.7 Å². The van der Waals surface area contributed by atoms with Gasteiger partial charge in [0.15, 0.2) is 0 Å². The lowest BCUT2D eigenvalue weighted by Crippen LogP contribution is -1.91. The minimum Gasteiger partial charge on any atom is -0.0827 e. The van der Waals surface area contributed by atoms with Gasteiger partial charge in [-0.25, -0.2) is 0 Å². The van der Waals surface area contributed by atoms with Crippen LogP contribution in [-0.2, 0) is 0 Å². The fourth-order valence-corrected chi connectivity index (χ4v) is 4.44. The van der Waals surface area contributed by atoms with Crippen LogP contribution in [0.15, 0.2) is 97.1 Å². The summed E-state index contributed by atoms with van der Waals surface area (Å²) < 4.78 is 0. The third-order valence-electron chi connectivity index (χ3n) is 5.20. The molecule has 0 atom stereocenters. The van der Waals surface area contributed by atoms with Crippen molar-refractivity contribution in [2.24, 2.45) is 0 Å². The van der Waals surface area contributed by atoms with E-state index in [9.17, 15) is 0 Å². The lowest BCUT2D eigenvalue weighted by molar-refractivity contribution is 1.65. The highest BCUT2D eigenvalue weighted by Crippen LogP contribution is 2.47. The van der Waals surface area contributed by atoms with E-state index in [1.54, 1.807) is 0 Å². The maximum absolute atomic E-state index is 6.81. The van der Waals surface area contributed by atoms with Crippen molar-refractivity contribution in [3.63, 3.8) is 0 Å². The first-order valence-corrected chi connectivity index (χ1v) is 9.94. The Balaban J connectivity index is 2.08. The van der Waals surface area contributed by atoms with Crippen molar-refractivity contribution in [1.29, 1.82) is 0 Å². The average Bonchev–Trinajstić information content (AvgIpc) is 2.76. The molecular weight excluding hydrogens is 383 g/mol. The molecule has 0 nitrogen and oxygen atoms in total. The van der Waals surface area contributed by atoms with Crippen LogP contribution in [-0.4, -0.2) is 0 Å². The molecule has 134 valence electrons. The van der Waals surface area contributed by atoms with E-state index in [2.05, 4.69) is 78.9 Å². The second kappa shape index (κ2) is 6.98. The molecule has 0 aromatic heterocycles. The number of hydrogen-bond acceptors (Lipinski definition) is 0. The molecule has 0 spiro atoms. The van der Waals surface area contributed by atoms with Crippen molar-refractivity contribution in [3.05, 3.63) is 107 Å². The maximum atomic E-state index is 6.81. The SMILES string of the molecule is Clc1ccc2c(-c3ccccc3)c3ccccc3c(-c3ccccc3)c2c1Cl. The molecular formula is C26H16Cl2. The normalized spacial score (nSPS) is 11.2. The number of rotatable bonds is 2. The molecule has 0 aliphatic heterocycles. The van der Waals surface area contributed by atoms with E-state index in [1.165, 1.54) is 21.9 Å². The second-order valence-corrected chi connectivity index (χ2v) is 7.60. The summed E-state index contributed by atoms with van der Waals surface area (Å²) in [5, 5.41) is 5.65. The van der Waals surface area contributed by atoms with Crippen LogP contribution >= 0.6 is 23.2 Å². The lowest BCUT2D eigenvalue weighted by Gasteiger charge is -2.19. The van der Waals surface area contributed by atoms with Crippen LogP contribution in [0.2, 0.25) is 10.0 Å². The molecule has 0 heterocycles. The van der Waals surface area contributed by atoms with Crippen LogP contribution in [0.3, 0.4) is 0 Å². The van der Waals surface area contributed by atoms with Crippen LogP contribution < -0.4 is 0 Å². The topological polar surface area (TPSA) is 0 Å². The van der Waals surface area contributed by atoms with Crippen LogP contribution in [0, 0.1) is 0 Å². The molecule has 5 aromatic carbocycles. The minimum absolute atomic E-state index is 0.570. The second-order valence-electron chi connectivity index (χ2n) is 6.81. The zero-order chi connectivity index (χ0) is 19.1. The van der Waals surface area contributed by atoms with Gasteiger partial charge in [-0.15, -0.1) is 0 Å². The monoisotopic (exact) mass is 398 g/mol. The van der Waals surface area contributed by atoms with Crippen molar-refractivity contribution in [2.45, 2.75) is 0 Å². The summed E-state index contributed by atoms with van der Waals surface area (Å²) in [7, 11) is 0. The maximum Gasteiger partial charge on any atom is 0.0677 e. The van der Waals surface area contributed by atoms with E-state index in [-0.39, 0.29) is 0 Å². The average molecular weight is 399 g/mol. The van der Waals surface area contributed by atoms with E-state index in [0.717, 1.165) is 21.9 Å². The molecule has 0 N–H and O–H groups in total. The van der Waals surface area contributed by atoms with Gasteiger partial charge in [0.2, 0.25) is 0 Å². The molecule has 0 unspecified atom stereocenters. The van der Waals surface area contributed by atoms with Crippen molar-refractivity contribution < 1.29 is 0 Å². The van der Waals surface area contributed by atoms with E-state index in [4.69, 9.17) is 23.2 Å². The number of halogens is 2. The van der Waals surface area contributed by atoms with Gasteiger partial charge in [-0.2, -0.15) is 0 Å². The summed E-state index contributed by atoms with van der Waals surface area (Å²) in [6.07, 6.45) is 0. The Hall–Kier alpha value is -2.80. The highest BCUT2D eigenvalue weighted by atomic mass is 35.5. The molecule has 0 radical (unpaired) electrons. The van der Waals surface area contributed by atoms with E-state index in [1.807, 2.05) is 18.2 Å². The molecule has 0 aliphatic rings. The largest absolute Gasteiger partial charge is 0.0827 e. The van der Waals surface area contributed by atoms with Gasteiger partial charge in [-0.3, -0.25) is 0 Å². The lowest BCUT2D eigenvalue weighted by atomic mass is 9.86. The third-order valence-corrected chi connectivity index (χ3v) is 6.01. The Labute approximate surface area is 174 Å². The van der Waals surface area contributed by atoms with Gasteiger partial charge in [0.05, 0.1) is 10.0 Å². The first-order chi connectivity index (χ1) is 13.8. The Morgan fingerprint density at radius 1 is 0.429 bits per heavy atom. The van der Waals surface area contributed by atoms with Gasteiger partial charge in [0, 0.05) is 5.39 Å². The van der Waals surface area contributed by atoms with Gasteiger partial charge in [0.1, 0.15) is 0 Å². The summed E-state index contributed by atoms with van der Waals surface area (Å²) in [6.45, 7) is 0. The summed E-state index contributed by atoms with van der Waals surface area (Å²) in [4.78, 5) is 0. The highest BCUT2D eigenvalue weighted by Gasteiger charge is 2.19. The molecule has 5 rings (SSSR count).